The Morgan fingerprint density at radius 3 is 2.49 bits per heavy atom. The van der Waals surface area contributed by atoms with Crippen LogP contribution < -0.4 is 15.5 Å². The van der Waals surface area contributed by atoms with Gasteiger partial charge < -0.3 is 15.5 Å². The van der Waals surface area contributed by atoms with E-state index in [9.17, 15) is 14.4 Å². The number of imide groups is 2. The number of hydrogen-bond acceptors (Lipinski definition) is 5. The molecule has 9 heteroatoms. The van der Waals surface area contributed by atoms with Crippen LogP contribution in [0, 0.1) is 5.41 Å². The number of barbiturate groups is 1. The van der Waals surface area contributed by atoms with Crippen LogP contribution in [0.5, 0.6) is 0 Å². The fraction of sp³-hybridized carbons (Fsp3) is 0.385. The van der Waals surface area contributed by atoms with Gasteiger partial charge in [-0.15, -0.1) is 0 Å². The third-order valence-corrected chi connectivity index (χ3v) is 7.67. The van der Waals surface area contributed by atoms with Crippen molar-refractivity contribution in [2.75, 3.05) is 37.4 Å². The summed E-state index contributed by atoms with van der Waals surface area (Å²) in [6.07, 6.45) is 2.74. The number of hydrogen-bond donors (Lipinski definition) is 2. The molecule has 8 nitrogen and oxygen atoms in total. The fourth-order valence-corrected chi connectivity index (χ4v) is 5.96. The molecule has 0 aliphatic carbocycles. The maximum atomic E-state index is 13.5. The van der Waals surface area contributed by atoms with Gasteiger partial charge in [-0.25, -0.2) is 4.79 Å². The predicted octanol–water partition coefficient (Wildman–Crippen LogP) is 2.78. The van der Waals surface area contributed by atoms with Crippen LogP contribution in [-0.4, -0.2) is 66.0 Å². The summed E-state index contributed by atoms with van der Waals surface area (Å²) in [5, 5.41) is 6.98. The number of nitrogens with one attached hydrogen (secondary N) is 2. The molecular formula is C26H29N5O3S. The third kappa shape index (κ3) is 3.83. The van der Waals surface area contributed by atoms with Gasteiger partial charge in [-0.2, -0.15) is 0 Å². The summed E-state index contributed by atoms with van der Waals surface area (Å²) < 4.78 is 0. The molecule has 2 fully saturated rings. The van der Waals surface area contributed by atoms with E-state index in [0.29, 0.717) is 11.7 Å². The van der Waals surface area contributed by atoms with Crippen LogP contribution in [0.25, 0.3) is 0 Å². The summed E-state index contributed by atoms with van der Waals surface area (Å²) in [7, 11) is 2.92. The van der Waals surface area contributed by atoms with E-state index < -0.39 is 23.3 Å². The first-order valence-electron chi connectivity index (χ1n) is 11.9. The smallest absolute Gasteiger partial charge is 0.332 e. The van der Waals surface area contributed by atoms with Crippen LogP contribution in [0.4, 0.5) is 16.2 Å². The third-order valence-electron chi connectivity index (χ3n) is 7.43. The van der Waals surface area contributed by atoms with Gasteiger partial charge in [0.05, 0.1) is 6.04 Å². The number of anilines is 2. The van der Waals surface area contributed by atoms with Crippen molar-refractivity contribution in [1.29, 1.82) is 0 Å². The summed E-state index contributed by atoms with van der Waals surface area (Å²) in [5.41, 5.74) is 2.67. The zero-order valence-electron chi connectivity index (χ0n) is 19.9. The molecular weight excluding hydrogens is 462 g/mol. The van der Waals surface area contributed by atoms with Crippen molar-refractivity contribution >= 4 is 46.6 Å². The molecule has 5 rings (SSSR count). The standard InChI is InChI=1S/C26H29N5O3S/c1-29-22(32)26(23(33)30(2)25(29)34)16-18-15-19(10-11-20(18)31-14-6-9-21(26)31)28-24(35)27-13-12-17-7-4-3-5-8-17/h3-5,7-8,10-11,15,21H,6,9,12-14,16H2,1-2H3,(H2,27,28,35)/t21-/m0/s1. The highest BCUT2D eigenvalue weighted by atomic mass is 32.1. The quantitative estimate of drug-likeness (QED) is 0.503. The highest BCUT2D eigenvalue weighted by molar-refractivity contribution is 7.80. The minimum atomic E-state index is -1.30. The molecule has 1 atom stereocenters. The maximum absolute atomic E-state index is 13.5. The van der Waals surface area contributed by atoms with Crippen molar-refractivity contribution in [2.45, 2.75) is 31.7 Å². The molecule has 1 spiro atoms. The van der Waals surface area contributed by atoms with Gasteiger partial charge in [0.2, 0.25) is 11.8 Å². The molecule has 182 valence electrons. The number of rotatable bonds is 4. The summed E-state index contributed by atoms with van der Waals surface area (Å²) in [6.45, 7) is 1.47. The minimum Gasteiger partial charge on any atom is -0.367 e. The summed E-state index contributed by atoms with van der Waals surface area (Å²) >= 11 is 5.49. The number of thiocarbonyl (C=S) groups is 1. The van der Waals surface area contributed by atoms with Gasteiger partial charge in [-0.3, -0.25) is 19.4 Å². The highest BCUT2D eigenvalue weighted by Gasteiger charge is 2.63. The van der Waals surface area contributed by atoms with Crippen LogP contribution in [0.1, 0.15) is 24.0 Å². The molecule has 0 bridgehead atoms. The Hall–Kier alpha value is -3.46. The summed E-state index contributed by atoms with van der Waals surface area (Å²) in [5.74, 6) is -0.825. The van der Waals surface area contributed by atoms with E-state index in [4.69, 9.17) is 12.2 Å². The van der Waals surface area contributed by atoms with Gasteiger partial charge in [0, 0.05) is 38.6 Å². The first-order valence-corrected chi connectivity index (χ1v) is 12.3. The zero-order valence-corrected chi connectivity index (χ0v) is 20.7. The highest BCUT2D eigenvalue weighted by Crippen LogP contribution is 2.49. The van der Waals surface area contributed by atoms with Crippen LogP contribution >= 0.6 is 12.2 Å². The molecule has 3 heterocycles. The van der Waals surface area contributed by atoms with E-state index in [1.165, 1.54) is 19.7 Å². The average molecular weight is 492 g/mol. The number of fused-ring (bicyclic) bond motifs is 4. The van der Waals surface area contributed by atoms with Crippen molar-refractivity contribution in [3.63, 3.8) is 0 Å². The molecule has 2 aromatic rings. The van der Waals surface area contributed by atoms with E-state index >= 15 is 0 Å². The van der Waals surface area contributed by atoms with Gasteiger partial charge in [0.25, 0.3) is 0 Å². The lowest BCUT2D eigenvalue weighted by Crippen LogP contribution is -2.70. The Kier molecular flexibility index (Phi) is 5.96. The lowest BCUT2D eigenvalue weighted by atomic mass is 9.68. The van der Waals surface area contributed by atoms with E-state index in [-0.39, 0.29) is 12.5 Å². The molecule has 0 unspecified atom stereocenters. The van der Waals surface area contributed by atoms with Crippen molar-refractivity contribution in [1.82, 2.24) is 15.1 Å². The molecule has 0 radical (unpaired) electrons. The van der Waals surface area contributed by atoms with Crippen molar-refractivity contribution < 1.29 is 14.4 Å². The number of amides is 4. The number of nitrogens with zero attached hydrogens (tertiary/aromatic N) is 3. The van der Waals surface area contributed by atoms with Gasteiger partial charge in [0.15, 0.2) is 10.5 Å². The number of urea groups is 1. The summed E-state index contributed by atoms with van der Waals surface area (Å²) in [6, 6.07) is 15.3. The molecule has 4 amide bonds. The van der Waals surface area contributed by atoms with E-state index in [1.54, 1.807) is 0 Å². The monoisotopic (exact) mass is 491 g/mol. The minimum absolute atomic E-state index is 0.257. The lowest BCUT2D eigenvalue weighted by Gasteiger charge is -2.50. The molecule has 2 N–H and O–H groups in total. The largest absolute Gasteiger partial charge is 0.367 e. The lowest BCUT2D eigenvalue weighted by molar-refractivity contribution is -0.159. The van der Waals surface area contributed by atoms with Crippen LogP contribution in [0.2, 0.25) is 0 Å². The molecule has 2 saturated heterocycles. The van der Waals surface area contributed by atoms with Gasteiger partial charge >= 0.3 is 6.03 Å². The van der Waals surface area contributed by atoms with Crippen LogP contribution in [-0.2, 0) is 22.4 Å². The molecule has 35 heavy (non-hydrogen) atoms. The average Bonchev–Trinajstić information content (AvgIpc) is 3.36. The van der Waals surface area contributed by atoms with E-state index in [2.05, 4.69) is 27.7 Å². The topological polar surface area (TPSA) is 85.0 Å². The molecule has 2 aromatic carbocycles. The fourth-order valence-electron chi connectivity index (χ4n) is 5.74. The Morgan fingerprint density at radius 2 is 1.77 bits per heavy atom. The van der Waals surface area contributed by atoms with Gasteiger partial charge in [-0.05, 0) is 67.2 Å². The van der Waals surface area contributed by atoms with Gasteiger partial charge in [0.1, 0.15) is 0 Å². The first-order chi connectivity index (χ1) is 16.8. The number of carbonyl (C=O) groups is 3. The number of benzene rings is 2. The Labute approximate surface area is 210 Å². The number of carbonyl (C=O) groups excluding carboxylic acids is 3. The van der Waals surface area contributed by atoms with Crippen LogP contribution in [0.3, 0.4) is 0 Å². The van der Waals surface area contributed by atoms with Crippen molar-refractivity contribution in [2.24, 2.45) is 5.41 Å². The Bertz CT molecular complexity index is 1180. The second-order valence-electron chi connectivity index (χ2n) is 9.47. The Balaban J connectivity index is 1.37. The normalized spacial score (nSPS) is 20.7. The summed E-state index contributed by atoms with van der Waals surface area (Å²) in [4.78, 5) is 43.8. The van der Waals surface area contributed by atoms with Crippen molar-refractivity contribution in [3.05, 3.63) is 59.7 Å². The van der Waals surface area contributed by atoms with Crippen molar-refractivity contribution in [3.8, 4) is 0 Å². The van der Waals surface area contributed by atoms with E-state index in [0.717, 1.165) is 52.5 Å². The predicted molar refractivity (Wildman–Crippen MR) is 138 cm³/mol. The van der Waals surface area contributed by atoms with Gasteiger partial charge in [-0.1, -0.05) is 30.3 Å². The van der Waals surface area contributed by atoms with E-state index in [1.807, 2.05) is 36.4 Å². The second kappa shape index (κ2) is 8.96. The zero-order chi connectivity index (χ0) is 24.7. The molecule has 0 aromatic heterocycles. The molecule has 3 aliphatic rings. The first kappa shape index (κ1) is 23.3. The maximum Gasteiger partial charge on any atom is 0.332 e. The van der Waals surface area contributed by atoms with Crippen LogP contribution in [0.15, 0.2) is 48.5 Å². The second-order valence-corrected chi connectivity index (χ2v) is 9.88. The molecule has 3 aliphatic heterocycles. The molecule has 0 saturated carbocycles. The Morgan fingerprint density at radius 1 is 1.06 bits per heavy atom. The SMILES string of the molecule is CN1C(=O)N(C)C(=O)C2(Cc3cc(NC(=S)NCCc4ccccc4)ccc3N3CCC[C@H]32)C1=O.